The molecule has 668 valence electrons. The standard InChI is InChI=1S/C88H150N14O16/c1-19-23-24-25-26-27-28-29-30-31-32-33-34-35-36-37-41-48-66(104)93-67(52(5)6)81(110)100-74(59(17)103)85(114)95-69(54(9)10)82(111)96-70(55(11)12)87(116)102-50-43-47-65(102)79(108)91-63(46-42-49-89)77(106)98-72(57(15)20-2)84(113)101-75-60(18)118-88(117)71(56(13)14)97-76(105)62(22-4)90-78(107)64(51-61-44-39-38-40-45-61)92-80(109)68(53(7)8)94-83(112)73(58(16)21-3)99-86(75)115/h22,38-40,44-45,52-60,63-65,67-75,103H,19-21,23-37,41-43,46-51,89H2,1-18H3,(H,90,107)(H,91,108)(H,92,109)(H,93,104)(H,94,112)(H,95,114)(H,96,111)(H,97,105)(H,98,106)(H,99,115)(H,100,110)(H,101,113)/b62-22-/t57-,58-,59+,60+,63-,64-,65+,67+,68+,69-,70+,71-,72+,73+,74-,75+/m0/s1. The van der Waals surface area contributed by atoms with E-state index < -0.39 is 203 Å². The molecule has 0 saturated carbocycles. The van der Waals surface area contributed by atoms with Crippen molar-refractivity contribution in [1.29, 1.82) is 0 Å². The highest BCUT2D eigenvalue weighted by Crippen LogP contribution is 2.24. The van der Waals surface area contributed by atoms with E-state index in [0.29, 0.717) is 24.8 Å². The molecule has 3 rings (SSSR count). The molecule has 15 N–H and O–H groups in total. The molecule has 2 fully saturated rings. The predicted molar refractivity (Wildman–Crippen MR) is 455 cm³/mol. The average Bonchev–Trinajstić information content (AvgIpc) is 1.59. The molecule has 0 unspecified atom stereocenters. The van der Waals surface area contributed by atoms with Crippen molar-refractivity contribution < 1.29 is 77.0 Å². The highest BCUT2D eigenvalue weighted by Gasteiger charge is 2.45. The van der Waals surface area contributed by atoms with E-state index in [1.165, 1.54) is 109 Å². The van der Waals surface area contributed by atoms with E-state index in [1.807, 2.05) is 0 Å². The van der Waals surface area contributed by atoms with Gasteiger partial charge in [0.15, 0.2) is 0 Å². The SMILES string of the molecule is C/C=C1\NC(=O)[C@H](Cc2ccccc2)NC(=O)[C@@H](C(C)C)NC(=O)[C@@H]([C@@H](C)CC)NC(=O)[C@H](NC(=O)[C@H](NC(=O)[C@H](CCCN)NC(=O)[C@H]2CCCN2C(=O)[C@H](NC(=O)[C@@H](NC(=O)[C@@H](NC(=O)[C@H](NC(=O)CCCCCCCCCCCCCCCCCCC)C(C)C)[C@@H](C)O)C(C)C)C(C)C)[C@@H](C)CC)[C@@H](C)OC(=O)[C@H](C(C)C)NC1=O. The molecule has 1 aromatic carbocycles. The zero-order chi connectivity index (χ0) is 88.5. The number of carbonyl (C=O) groups is 14. The van der Waals surface area contributed by atoms with Crippen molar-refractivity contribution in [2.75, 3.05) is 13.1 Å². The minimum Gasteiger partial charge on any atom is -0.458 e. The molecule has 2 aliphatic heterocycles. The highest BCUT2D eigenvalue weighted by atomic mass is 16.5. The van der Waals surface area contributed by atoms with Crippen LogP contribution in [0.15, 0.2) is 42.1 Å². The summed E-state index contributed by atoms with van der Waals surface area (Å²) in [6, 6.07) is -7.66. The molecule has 0 aliphatic carbocycles. The summed E-state index contributed by atoms with van der Waals surface area (Å²) >= 11 is 0. The quantitative estimate of drug-likeness (QED) is 0.0176. The van der Waals surface area contributed by atoms with Crippen LogP contribution in [0.5, 0.6) is 0 Å². The second-order valence-electron chi connectivity index (χ2n) is 34.3. The van der Waals surface area contributed by atoms with Gasteiger partial charge >= 0.3 is 5.97 Å². The maximum atomic E-state index is 15.1. The number of benzene rings is 1. The first-order valence-corrected chi connectivity index (χ1v) is 44.1. The van der Waals surface area contributed by atoms with E-state index in [0.717, 1.165) is 25.7 Å². The van der Waals surface area contributed by atoms with Gasteiger partial charge in [-0.15, -0.1) is 0 Å². The number of aliphatic hydroxyl groups excluding tert-OH is 1. The zero-order valence-electron chi connectivity index (χ0n) is 74.3. The summed E-state index contributed by atoms with van der Waals surface area (Å²) in [5.41, 5.74) is 6.37. The van der Waals surface area contributed by atoms with Crippen molar-refractivity contribution in [3.05, 3.63) is 47.7 Å². The van der Waals surface area contributed by atoms with Crippen molar-refractivity contribution in [2.45, 2.75) is 370 Å². The van der Waals surface area contributed by atoms with E-state index in [1.54, 1.807) is 127 Å². The predicted octanol–water partition coefficient (Wildman–Crippen LogP) is 7.05. The van der Waals surface area contributed by atoms with Crippen molar-refractivity contribution in [3.63, 3.8) is 0 Å². The fraction of sp³-hybridized carbons (Fsp3) is 0.750. The van der Waals surface area contributed by atoms with Gasteiger partial charge in [0.2, 0.25) is 70.9 Å². The van der Waals surface area contributed by atoms with E-state index in [-0.39, 0.29) is 63.2 Å². The van der Waals surface area contributed by atoms with Crippen LogP contribution in [0, 0.1) is 41.4 Å². The minimum absolute atomic E-state index is 0.0351. The summed E-state index contributed by atoms with van der Waals surface area (Å²) in [5.74, 6) is -15.4. The second-order valence-corrected chi connectivity index (χ2v) is 34.3. The second kappa shape index (κ2) is 54.6. The number of hydrogen-bond donors (Lipinski definition) is 14. The van der Waals surface area contributed by atoms with Gasteiger partial charge < -0.3 is 84.3 Å². The number of carbonyl (C=O) groups excluding carboxylic acids is 14. The first-order valence-electron chi connectivity index (χ1n) is 44.1. The number of cyclic esters (lactones) is 1. The van der Waals surface area contributed by atoms with Gasteiger partial charge in [0.25, 0.3) is 5.91 Å². The monoisotopic (exact) mass is 1660 g/mol. The van der Waals surface area contributed by atoms with Crippen LogP contribution in [-0.2, 0) is 78.3 Å². The molecule has 0 spiro atoms. The molecule has 2 heterocycles. The van der Waals surface area contributed by atoms with Crippen LogP contribution in [0.3, 0.4) is 0 Å². The van der Waals surface area contributed by atoms with Gasteiger partial charge in [-0.25, -0.2) is 4.79 Å². The van der Waals surface area contributed by atoms with Crippen LogP contribution >= 0.6 is 0 Å². The molecule has 0 bridgehead atoms. The lowest BCUT2D eigenvalue weighted by Crippen LogP contribution is -2.64. The topological polar surface area (TPSA) is 442 Å². The smallest absolute Gasteiger partial charge is 0.329 e. The number of ether oxygens (including phenoxy) is 1. The van der Waals surface area contributed by atoms with Gasteiger partial charge in [0, 0.05) is 19.4 Å². The Bertz CT molecular complexity index is 3390. The molecule has 16 atom stereocenters. The number of aliphatic hydroxyl groups is 1. The van der Waals surface area contributed by atoms with Crippen LogP contribution in [-0.4, -0.2) is 191 Å². The minimum atomic E-state index is -1.83. The number of amides is 13. The van der Waals surface area contributed by atoms with E-state index in [4.69, 9.17) is 10.5 Å². The van der Waals surface area contributed by atoms with Gasteiger partial charge in [-0.3, -0.25) is 62.3 Å². The highest BCUT2D eigenvalue weighted by molar-refractivity contribution is 6.03. The normalized spacial score (nSPS) is 21.3. The van der Waals surface area contributed by atoms with Gasteiger partial charge in [-0.1, -0.05) is 256 Å². The van der Waals surface area contributed by atoms with E-state index in [2.05, 4.69) is 70.7 Å². The lowest BCUT2D eigenvalue weighted by molar-refractivity contribution is -0.157. The Morgan fingerprint density at radius 1 is 0.542 bits per heavy atom. The fourth-order valence-corrected chi connectivity index (χ4v) is 14.5. The van der Waals surface area contributed by atoms with E-state index >= 15 is 9.59 Å². The Kier molecular flexibility index (Phi) is 48.0. The van der Waals surface area contributed by atoms with Gasteiger partial charge in [-0.2, -0.15) is 0 Å². The van der Waals surface area contributed by atoms with Crippen LogP contribution in [0.2, 0.25) is 0 Å². The number of nitrogens with zero attached hydrogens (tertiary/aromatic N) is 1. The third kappa shape index (κ3) is 35.0. The number of unbranched alkanes of at least 4 members (excludes halogenated alkanes) is 16. The van der Waals surface area contributed by atoms with Crippen LogP contribution in [0.25, 0.3) is 0 Å². The molecule has 13 amide bonds. The molecule has 2 aliphatic rings. The van der Waals surface area contributed by atoms with Gasteiger partial charge in [-0.05, 0) is 106 Å². The number of nitrogens with one attached hydrogen (secondary N) is 12. The van der Waals surface area contributed by atoms with Crippen LogP contribution < -0.4 is 69.5 Å². The lowest BCUT2D eigenvalue weighted by atomic mass is 9.95. The van der Waals surface area contributed by atoms with Gasteiger partial charge in [0.1, 0.15) is 84.3 Å². The summed E-state index contributed by atoms with van der Waals surface area (Å²) in [6.45, 7) is 30.1. The number of nitrogens with two attached hydrogens (primary N) is 1. The number of allylic oxidation sites excluding steroid dienone is 1. The summed E-state index contributed by atoms with van der Waals surface area (Å²) < 4.78 is 5.98. The third-order valence-corrected chi connectivity index (χ3v) is 22.6. The molecule has 1 aromatic rings. The molecule has 0 radical (unpaired) electrons. The number of hydrogen-bond acceptors (Lipinski definition) is 17. The molecule has 0 aromatic heterocycles. The first kappa shape index (κ1) is 104. The third-order valence-electron chi connectivity index (χ3n) is 22.6. The van der Waals surface area contributed by atoms with Crippen LogP contribution in [0.4, 0.5) is 0 Å². The maximum absolute atomic E-state index is 15.1. The Labute approximate surface area is 703 Å². The largest absolute Gasteiger partial charge is 0.458 e. The van der Waals surface area contributed by atoms with Crippen LogP contribution in [0.1, 0.15) is 284 Å². The Hall–Kier alpha value is -8.54. The number of likely N-dealkylation sites (tertiary alicyclic amines) is 1. The maximum Gasteiger partial charge on any atom is 0.329 e. The van der Waals surface area contributed by atoms with Crippen molar-refractivity contribution in [3.8, 4) is 0 Å². The lowest BCUT2D eigenvalue weighted by Gasteiger charge is -2.33. The zero-order valence-corrected chi connectivity index (χ0v) is 74.3. The molecule has 30 heteroatoms. The molecule has 2 saturated heterocycles. The Morgan fingerprint density at radius 3 is 1.53 bits per heavy atom. The molecule has 118 heavy (non-hydrogen) atoms. The van der Waals surface area contributed by atoms with Crippen molar-refractivity contribution in [2.24, 2.45) is 47.2 Å². The summed E-state index contributed by atoms with van der Waals surface area (Å²) in [6.07, 6.45) is 20.1. The van der Waals surface area contributed by atoms with Gasteiger partial charge in [0.05, 0.1) is 6.10 Å². The molecular formula is C88H150N14O16. The number of esters is 1. The summed E-state index contributed by atoms with van der Waals surface area (Å²) in [7, 11) is 0. The Morgan fingerprint density at radius 2 is 1.03 bits per heavy atom. The molecule has 30 nitrogen and oxygen atoms in total. The first-order chi connectivity index (χ1) is 55.9. The van der Waals surface area contributed by atoms with E-state index in [9.17, 15) is 62.6 Å². The fourth-order valence-electron chi connectivity index (χ4n) is 14.5. The van der Waals surface area contributed by atoms with Crippen molar-refractivity contribution >= 4 is 82.8 Å². The summed E-state index contributed by atoms with van der Waals surface area (Å²) in [5, 5.41) is 43.6. The Balaban J connectivity index is 1.85. The van der Waals surface area contributed by atoms with Crippen molar-refractivity contribution in [1.82, 2.24) is 68.7 Å². The number of rotatable bonds is 47. The average molecular weight is 1660 g/mol. The summed E-state index contributed by atoms with van der Waals surface area (Å²) in [4.78, 5) is 204. The molecular weight excluding hydrogens is 1510 g/mol.